The summed E-state index contributed by atoms with van der Waals surface area (Å²) in [5.41, 5.74) is 0.700. The van der Waals surface area contributed by atoms with Crippen LogP contribution in [0.15, 0.2) is 18.2 Å². The Morgan fingerprint density at radius 2 is 2.22 bits per heavy atom. The maximum atomic E-state index is 13.6. The highest BCUT2D eigenvalue weighted by Crippen LogP contribution is 2.19. The number of hydrogen-bond acceptors (Lipinski definition) is 3. The first kappa shape index (κ1) is 14.5. The molecule has 0 spiro atoms. The summed E-state index contributed by atoms with van der Waals surface area (Å²) in [4.78, 5) is 11.4. The van der Waals surface area contributed by atoms with Gasteiger partial charge in [0, 0.05) is 6.04 Å². The summed E-state index contributed by atoms with van der Waals surface area (Å²) in [5, 5.41) is 3.08. The zero-order chi connectivity index (χ0) is 13.5. The van der Waals surface area contributed by atoms with E-state index in [9.17, 15) is 9.18 Å². The number of rotatable bonds is 6. The second kappa shape index (κ2) is 6.99. The van der Waals surface area contributed by atoms with E-state index < -0.39 is 5.97 Å². The predicted molar refractivity (Wildman–Crippen MR) is 70.3 cm³/mol. The molecule has 0 aliphatic heterocycles. The van der Waals surface area contributed by atoms with Gasteiger partial charge in [0.2, 0.25) is 0 Å². The lowest BCUT2D eigenvalue weighted by atomic mass is 10.1. The number of esters is 1. The van der Waals surface area contributed by atoms with Crippen LogP contribution in [0.4, 0.5) is 10.1 Å². The Morgan fingerprint density at radius 3 is 2.83 bits per heavy atom. The first-order valence-electron chi connectivity index (χ1n) is 6.22. The Kier molecular flexibility index (Phi) is 5.62. The predicted octanol–water partition coefficient (Wildman–Crippen LogP) is 3.60. The molecular weight excluding hydrogens is 233 g/mol. The zero-order valence-corrected chi connectivity index (χ0v) is 11.1. The van der Waals surface area contributed by atoms with Gasteiger partial charge < -0.3 is 10.1 Å². The molecule has 0 saturated heterocycles. The van der Waals surface area contributed by atoms with Crippen molar-refractivity contribution in [3.8, 4) is 0 Å². The van der Waals surface area contributed by atoms with Crippen LogP contribution in [-0.2, 0) is 4.74 Å². The van der Waals surface area contributed by atoms with Crippen LogP contribution in [0.1, 0.15) is 43.5 Å². The highest BCUT2D eigenvalue weighted by molar-refractivity contribution is 5.90. The Bertz CT molecular complexity index is 407. The standard InChI is InChI=1S/C14H20FNO2/c1-4-5-6-10(2)16-13-9-11(14(17)18-3)7-8-12(13)15/h7-10,16H,4-6H2,1-3H3. The van der Waals surface area contributed by atoms with Crippen LogP contribution in [0.5, 0.6) is 0 Å². The van der Waals surface area contributed by atoms with Gasteiger partial charge in [-0.25, -0.2) is 9.18 Å². The molecule has 0 aromatic heterocycles. The molecule has 0 heterocycles. The molecule has 1 N–H and O–H groups in total. The summed E-state index contributed by atoms with van der Waals surface area (Å²) in [6, 6.07) is 4.36. The number of carbonyl (C=O) groups excluding carboxylic acids is 1. The number of hydrogen-bond donors (Lipinski definition) is 1. The Balaban J connectivity index is 2.77. The van der Waals surface area contributed by atoms with Gasteiger partial charge in [-0.2, -0.15) is 0 Å². The van der Waals surface area contributed by atoms with E-state index in [0.29, 0.717) is 11.3 Å². The summed E-state index contributed by atoms with van der Waals surface area (Å²) in [5.74, 6) is -0.815. The molecule has 1 rings (SSSR count). The monoisotopic (exact) mass is 253 g/mol. The van der Waals surface area contributed by atoms with Gasteiger partial charge in [0.05, 0.1) is 18.4 Å². The van der Waals surface area contributed by atoms with E-state index in [2.05, 4.69) is 17.0 Å². The summed E-state index contributed by atoms with van der Waals surface area (Å²) in [6.45, 7) is 4.12. The largest absolute Gasteiger partial charge is 0.465 e. The molecule has 4 heteroatoms. The molecule has 18 heavy (non-hydrogen) atoms. The van der Waals surface area contributed by atoms with Crippen molar-refractivity contribution < 1.29 is 13.9 Å². The average molecular weight is 253 g/mol. The Hall–Kier alpha value is -1.58. The minimum Gasteiger partial charge on any atom is -0.465 e. The topological polar surface area (TPSA) is 38.3 Å². The van der Waals surface area contributed by atoms with Crippen molar-refractivity contribution in [2.45, 2.75) is 39.2 Å². The van der Waals surface area contributed by atoms with Crippen LogP contribution >= 0.6 is 0 Å². The highest BCUT2D eigenvalue weighted by atomic mass is 19.1. The number of benzene rings is 1. The molecule has 0 fully saturated rings. The minimum atomic E-state index is -0.459. The first-order valence-corrected chi connectivity index (χ1v) is 6.22. The molecule has 3 nitrogen and oxygen atoms in total. The molecule has 0 amide bonds. The summed E-state index contributed by atoms with van der Waals surface area (Å²) in [6.07, 6.45) is 3.17. The molecule has 1 aromatic rings. The average Bonchev–Trinajstić information content (AvgIpc) is 2.38. The van der Waals surface area contributed by atoms with E-state index >= 15 is 0 Å². The fraction of sp³-hybridized carbons (Fsp3) is 0.500. The molecule has 0 saturated carbocycles. The van der Waals surface area contributed by atoms with Crippen LogP contribution in [0.2, 0.25) is 0 Å². The number of nitrogens with one attached hydrogen (secondary N) is 1. The van der Waals surface area contributed by atoms with Gasteiger partial charge in [0.15, 0.2) is 0 Å². The van der Waals surface area contributed by atoms with Gasteiger partial charge in [-0.3, -0.25) is 0 Å². The van der Waals surface area contributed by atoms with Gasteiger partial charge in [0.25, 0.3) is 0 Å². The van der Waals surface area contributed by atoms with Gasteiger partial charge in [-0.15, -0.1) is 0 Å². The van der Waals surface area contributed by atoms with Crippen LogP contribution < -0.4 is 5.32 Å². The fourth-order valence-electron chi connectivity index (χ4n) is 1.73. The van der Waals surface area contributed by atoms with Crippen LogP contribution in [0.3, 0.4) is 0 Å². The van der Waals surface area contributed by atoms with E-state index in [1.54, 1.807) is 0 Å². The fourth-order valence-corrected chi connectivity index (χ4v) is 1.73. The third-order valence-electron chi connectivity index (χ3n) is 2.78. The van der Waals surface area contributed by atoms with Crippen LogP contribution in [0, 0.1) is 5.82 Å². The molecule has 0 bridgehead atoms. The Morgan fingerprint density at radius 1 is 1.50 bits per heavy atom. The third kappa shape index (κ3) is 4.02. The quantitative estimate of drug-likeness (QED) is 0.787. The molecule has 1 aromatic carbocycles. The zero-order valence-electron chi connectivity index (χ0n) is 11.1. The van der Waals surface area contributed by atoms with Crippen molar-refractivity contribution >= 4 is 11.7 Å². The molecule has 0 aliphatic rings. The molecule has 0 aliphatic carbocycles. The minimum absolute atomic E-state index is 0.173. The van der Waals surface area contributed by atoms with Gasteiger partial charge in [0.1, 0.15) is 5.82 Å². The summed E-state index contributed by atoms with van der Waals surface area (Å²) in [7, 11) is 1.31. The smallest absolute Gasteiger partial charge is 0.337 e. The molecular formula is C14H20FNO2. The number of carbonyl (C=O) groups is 1. The normalized spacial score (nSPS) is 12.0. The number of ether oxygens (including phenoxy) is 1. The van der Waals surface area contributed by atoms with Gasteiger partial charge in [-0.1, -0.05) is 19.8 Å². The maximum absolute atomic E-state index is 13.6. The first-order chi connectivity index (χ1) is 8.58. The second-order valence-electron chi connectivity index (χ2n) is 4.37. The second-order valence-corrected chi connectivity index (χ2v) is 4.37. The van der Waals surface area contributed by atoms with Crippen LogP contribution in [0.25, 0.3) is 0 Å². The van der Waals surface area contributed by atoms with E-state index in [1.807, 2.05) is 6.92 Å². The van der Waals surface area contributed by atoms with E-state index in [0.717, 1.165) is 19.3 Å². The lowest BCUT2D eigenvalue weighted by Gasteiger charge is -2.16. The summed E-state index contributed by atoms with van der Waals surface area (Å²) < 4.78 is 18.2. The van der Waals surface area contributed by atoms with Crippen molar-refractivity contribution in [3.05, 3.63) is 29.6 Å². The Labute approximate surface area is 107 Å². The van der Waals surface area contributed by atoms with E-state index in [4.69, 9.17) is 0 Å². The highest BCUT2D eigenvalue weighted by Gasteiger charge is 2.11. The molecule has 0 radical (unpaired) electrons. The van der Waals surface area contributed by atoms with Crippen LogP contribution in [-0.4, -0.2) is 19.1 Å². The van der Waals surface area contributed by atoms with Crippen molar-refractivity contribution in [2.75, 3.05) is 12.4 Å². The number of unbranched alkanes of at least 4 members (excludes halogenated alkanes) is 1. The van der Waals surface area contributed by atoms with Crippen molar-refractivity contribution in [3.63, 3.8) is 0 Å². The summed E-state index contributed by atoms with van der Waals surface area (Å²) >= 11 is 0. The molecule has 100 valence electrons. The number of halogens is 1. The van der Waals surface area contributed by atoms with E-state index in [1.165, 1.54) is 25.3 Å². The SMILES string of the molecule is CCCCC(C)Nc1cc(C(=O)OC)ccc1F. The molecule has 1 unspecified atom stereocenters. The van der Waals surface area contributed by atoms with Crippen molar-refractivity contribution in [1.29, 1.82) is 0 Å². The van der Waals surface area contributed by atoms with Gasteiger partial charge >= 0.3 is 5.97 Å². The lowest BCUT2D eigenvalue weighted by molar-refractivity contribution is 0.0600. The van der Waals surface area contributed by atoms with Gasteiger partial charge in [-0.05, 0) is 31.5 Å². The van der Waals surface area contributed by atoms with E-state index in [-0.39, 0.29) is 11.9 Å². The maximum Gasteiger partial charge on any atom is 0.337 e. The van der Waals surface area contributed by atoms with Crippen molar-refractivity contribution in [1.82, 2.24) is 0 Å². The third-order valence-corrected chi connectivity index (χ3v) is 2.78. The van der Waals surface area contributed by atoms with Crippen molar-refractivity contribution in [2.24, 2.45) is 0 Å². The number of anilines is 1. The number of methoxy groups -OCH3 is 1. The lowest BCUT2D eigenvalue weighted by Crippen LogP contribution is -2.16. The molecule has 1 atom stereocenters.